The van der Waals surface area contributed by atoms with Crippen molar-refractivity contribution in [2.24, 2.45) is 10.6 Å². The van der Waals surface area contributed by atoms with Crippen molar-refractivity contribution in [3.05, 3.63) is 23.8 Å². The first-order valence-corrected chi connectivity index (χ1v) is 7.84. The lowest BCUT2D eigenvalue weighted by molar-refractivity contribution is -0.123. The summed E-state index contributed by atoms with van der Waals surface area (Å²) in [6.07, 6.45) is 0.624. The lowest BCUT2D eigenvalue weighted by Gasteiger charge is -2.19. The highest BCUT2D eigenvalue weighted by Crippen LogP contribution is 2.32. The number of nitrogens with zero attached hydrogens (tertiary/aromatic N) is 1. The number of amides is 1. The van der Waals surface area contributed by atoms with Crippen molar-refractivity contribution in [2.45, 2.75) is 27.2 Å². The van der Waals surface area contributed by atoms with Crippen LogP contribution in [0.15, 0.2) is 18.2 Å². The second-order valence-electron chi connectivity index (χ2n) is 5.91. The van der Waals surface area contributed by atoms with Crippen molar-refractivity contribution in [3.8, 4) is 0 Å². The Morgan fingerprint density at radius 1 is 1.35 bits per heavy atom. The molecule has 0 radical (unpaired) electrons. The zero-order valence-corrected chi connectivity index (χ0v) is 12.6. The molecule has 110 valence electrons. The van der Waals surface area contributed by atoms with Crippen LogP contribution in [0.3, 0.4) is 0 Å². The monoisotopic (exact) mass is 297 g/mol. The number of carbonyl (C=O) groups excluding carboxylic acids is 1. The molecule has 0 aromatic heterocycles. The molecule has 0 saturated carbocycles. The maximum absolute atomic E-state index is 11.9. The fourth-order valence-electron chi connectivity index (χ4n) is 2.01. The number of nitrogens with two attached hydrogens (primary N) is 1. The van der Waals surface area contributed by atoms with Gasteiger partial charge in [0.05, 0.1) is 5.69 Å². The number of fused-ring (bicyclic) bond motifs is 1. The van der Waals surface area contributed by atoms with Crippen LogP contribution in [-0.4, -0.2) is 20.9 Å². The van der Waals surface area contributed by atoms with Gasteiger partial charge in [0, 0.05) is 17.6 Å². The van der Waals surface area contributed by atoms with Gasteiger partial charge in [0.15, 0.2) is 0 Å². The van der Waals surface area contributed by atoms with E-state index in [4.69, 9.17) is 5.14 Å². The average Bonchev–Trinajstić information content (AvgIpc) is 2.70. The Bertz CT molecular complexity index is 647. The summed E-state index contributed by atoms with van der Waals surface area (Å²) < 4.78 is 24.2. The number of benzene rings is 1. The molecule has 7 heteroatoms. The second-order valence-corrected chi connectivity index (χ2v) is 7.39. The van der Waals surface area contributed by atoms with E-state index < -0.39 is 15.6 Å². The molecule has 1 heterocycles. The van der Waals surface area contributed by atoms with E-state index >= 15 is 0 Å². The van der Waals surface area contributed by atoms with Gasteiger partial charge in [-0.05, 0) is 24.1 Å². The minimum atomic E-state index is -3.77. The maximum atomic E-state index is 11.9. The number of hydrogen-bond donors (Lipinski definition) is 2. The minimum absolute atomic E-state index is 0.127. The van der Waals surface area contributed by atoms with Crippen LogP contribution < -0.4 is 14.8 Å². The molecule has 1 aliphatic rings. The van der Waals surface area contributed by atoms with E-state index in [-0.39, 0.29) is 5.91 Å². The van der Waals surface area contributed by atoms with E-state index in [1.807, 2.05) is 26.8 Å². The van der Waals surface area contributed by atoms with Crippen molar-refractivity contribution in [3.63, 3.8) is 0 Å². The first-order valence-electron chi connectivity index (χ1n) is 6.34. The van der Waals surface area contributed by atoms with Gasteiger partial charge in [0.25, 0.3) is 10.2 Å². The summed E-state index contributed by atoms with van der Waals surface area (Å²) in [6, 6.07) is 5.24. The summed E-state index contributed by atoms with van der Waals surface area (Å²) in [4.78, 5) is 11.9. The third-order valence-corrected chi connectivity index (χ3v) is 4.18. The van der Waals surface area contributed by atoms with Crippen molar-refractivity contribution in [2.75, 3.05) is 16.2 Å². The average molecular weight is 297 g/mol. The Balaban J connectivity index is 2.31. The van der Waals surface area contributed by atoms with Crippen LogP contribution in [0, 0.1) is 5.41 Å². The number of anilines is 2. The lowest BCUT2D eigenvalue weighted by Crippen LogP contribution is -2.35. The van der Waals surface area contributed by atoms with Crippen LogP contribution in [0.25, 0.3) is 0 Å². The van der Waals surface area contributed by atoms with E-state index in [0.29, 0.717) is 24.3 Å². The molecule has 0 unspecified atom stereocenters. The van der Waals surface area contributed by atoms with Gasteiger partial charge in [-0.2, -0.15) is 8.42 Å². The van der Waals surface area contributed by atoms with E-state index in [1.54, 1.807) is 12.1 Å². The molecule has 2 rings (SSSR count). The maximum Gasteiger partial charge on any atom is 0.299 e. The van der Waals surface area contributed by atoms with Crippen molar-refractivity contribution in [1.82, 2.24) is 0 Å². The number of carbonyl (C=O) groups is 1. The molecule has 1 aliphatic heterocycles. The van der Waals surface area contributed by atoms with Gasteiger partial charge in [-0.3, -0.25) is 9.10 Å². The topological polar surface area (TPSA) is 92.5 Å². The summed E-state index contributed by atoms with van der Waals surface area (Å²) in [5, 5.41) is 7.97. The molecule has 6 nitrogen and oxygen atoms in total. The molecule has 20 heavy (non-hydrogen) atoms. The Morgan fingerprint density at radius 3 is 2.55 bits per heavy atom. The van der Waals surface area contributed by atoms with E-state index in [1.165, 1.54) is 0 Å². The first-order chi connectivity index (χ1) is 9.09. The second kappa shape index (κ2) is 4.75. The van der Waals surface area contributed by atoms with Crippen LogP contribution in [0.5, 0.6) is 0 Å². The smallest absolute Gasteiger partial charge is 0.299 e. The van der Waals surface area contributed by atoms with Gasteiger partial charge in [0.2, 0.25) is 5.91 Å². The first kappa shape index (κ1) is 14.8. The van der Waals surface area contributed by atoms with Gasteiger partial charge in [-0.15, -0.1) is 0 Å². The predicted octanol–water partition coefficient (Wildman–Crippen LogP) is 1.24. The highest BCUT2D eigenvalue weighted by molar-refractivity contribution is 7.90. The Kier molecular flexibility index (Phi) is 3.51. The molecule has 3 N–H and O–H groups in total. The summed E-state index contributed by atoms with van der Waals surface area (Å²) in [5.41, 5.74) is 1.50. The van der Waals surface area contributed by atoms with Gasteiger partial charge >= 0.3 is 0 Å². The SMILES string of the molecule is CC(C)(C)C(=O)Nc1ccc2c(c1)N(S(N)(=O)=O)CC2. The van der Waals surface area contributed by atoms with Gasteiger partial charge < -0.3 is 5.32 Å². The standard InChI is InChI=1S/C13H19N3O3S/c1-13(2,3)12(17)15-10-5-4-9-6-7-16(11(9)8-10)20(14,18)19/h4-5,8H,6-7H2,1-3H3,(H,15,17)(H2,14,18,19). The Labute approximate surface area is 119 Å². The normalized spacial score (nSPS) is 15.1. The van der Waals surface area contributed by atoms with Crippen LogP contribution in [-0.2, 0) is 21.4 Å². The summed E-state index contributed by atoms with van der Waals surface area (Å²) in [5.74, 6) is -0.127. The molecule has 0 atom stereocenters. The highest BCUT2D eigenvalue weighted by Gasteiger charge is 2.27. The van der Waals surface area contributed by atoms with Gasteiger partial charge in [0.1, 0.15) is 0 Å². The van der Waals surface area contributed by atoms with Crippen molar-refractivity contribution in [1.29, 1.82) is 0 Å². The van der Waals surface area contributed by atoms with Crippen molar-refractivity contribution < 1.29 is 13.2 Å². The van der Waals surface area contributed by atoms with E-state index in [2.05, 4.69) is 5.32 Å². The molecular formula is C13H19N3O3S. The fraction of sp³-hybridized carbons (Fsp3) is 0.462. The Hall–Kier alpha value is -1.60. The summed E-state index contributed by atoms with van der Waals surface area (Å²) in [7, 11) is -3.77. The van der Waals surface area contributed by atoms with Gasteiger partial charge in [-0.25, -0.2) is 5.14 Å². The molecule has 0 aliphatic carbocycles. The quantitative estimate of drug-likeness (QED) is 0.860. The molecule has 0 spiro atoms. The third-order valence-electron chi connectivity index (χ3n) is 3.18. The molecule has 1 aromatic rings. The molecule has 1 amide bonds. The lowest BCUT2D eigenvalue weighted by atomic mass is 9.95. The molecule has 0 saturated heterocycles. The summed E-state index contributed by atoms with van der Waals surface area (Å²) in [6.45, 7) is 5.77. The predicted molar refractivity (Wildman–Crippen MR) is 78.7 cm³/mol. The van der Waals surface area contributed by atoms with Crippen LogP contribution in [0.2, 0.25) is 0 Å². The van der Waals surface area contributed by atoms with Crippen LogP contribution >= 0.6 is 0 Å². The number of hydrogen-bond acceptors (Lipinski definition) is 3. The minimum Gasteiger partial charge on any atom is -0.326 e. The third kappa shape index (κ3) is 2.94. The molecule has 0 bridgehead atoms. The number of rotatable bonds is 2. The molecule has 1 aromatic carbocycles. The van der Waals surface area contributed by atoms with Gasteiger partial charge in [-0.1, -0.05) is 26.8 Å². The Morgan fingerprint density at radius 2 is 2.00 bits per heavy atom. The molecular weight excluding hydrogens is 278 g/mol. The number of nitrogens with one attached hydrogen (secondary N) is 1. The van der Waals surface area contributed by atoms with Crippen molar-refractivity contribution >= 4 is 27.5 Å². The zero-order valence-electron chi connectivity index (χ0n) is 11.8. The van der Waals surface area contributed by atoms with E-state index in [9.17, 15) is 13.2 Å². The zero-order chi connectivity index (χ0) is 15.1. The summed E-state index contributed by atoms with van der Waals surface area (Å²) >= 11 is 0. The molecule has 0 fully saturated rings. The van der Waals surface area contributed by atoms with E-state index in [0.717, 1.165) is 9.87 Å². The largest absolute Gasteiger partial charge is 0.326 e. The van der Waals surface area contributed by atoms with Crippen LogP contribution in [0.4, 0.5) is 11.4 Å². The fourth-order valence-corrected chi connectivity index (χ4v) is 2.80. The highest BCUT2D eigenvalue weighted by atomic mass is 32.2. The van der Waals surface area contributed by atoms with Crippen LogP contribution in [0.1, 0.15) is 26.3 Å².